The number of nitrogens with one attached hydrogen (secondary N) is 2. The van der Waals surface area contributed by atoms with Crippen molar-refractivity contribution in [3.8, 4) is 0 Å². The van der Waals surface area contributed by atoms with Crippen molar-refractivity contribution in [1.29, 1.82) is 0 Å². The van der Waals surface area contributed by atoms with Crippen molar-refractivity contribution in [2.24, 2.45) is 11.5 Å². The molecule has 0 aliphatic carbocycles. The normalized spacial score (nSPS) is 18.0. The van der Waals surface area contributed by atoms with Crippen molar-refractivity contribution in [2.45, 2.75) is 50.2 Å². The zero-order valence-electron chi connectivity index (χ0n) is 16.4. The Morgan fingerprint density at radius 1 is 1.17 bits per heavy atom. The molecule has 1 fully saturated rings. The van der Waals surface area contributed by atoms with E-state index in [0.29, 0.717) is 25.0 Å². The van der Waals surface area contributed by atoms with Gasteiger partial charge in [-0.15, -0.1) is 0 Å². The fourth-order valence-corrected chi connectivity index (χ4v) is 3.53. The van der Waals surface area contributed by atoms with Gasteiger partial charge >= 0.3 is 5.97 Å². The Bertz CT molecular complexity index is 631. The SMILES string of the molecule is CSCCC(NC(=O)CN)C(=O)NC(CCC(N)=O)C(=O)N1CCCC1C(=O)O. The summed E-state index contributed by atoms with van der Waals surface area (Å²) in [7, 11) is 0. The van der Waals surface area contributed by atoms with Gasteiger partial charge in [-0.1, -0.05) is 0 Å². The Morgan fingerprint density at radius 2 is 1.86 bits per heavy atom. The van der Waals surface area contributed by atoms with Crippen LogP contribution in [0.15, 0.2) is 0 Å². The quantitative estimate of drug-likeness (QED) is 0.235. The number of amides is 4. The van der Waals surface area contributed by atoms with Crippen molar-refractivity contribution < 1.29 is 29.1 Å². The van der Waals surface area contributed by atoms with Crippen LogP contribution in [0, 0.1) is 0 Å². The second-order valence-corrected chi connectivity index (χ2v) is 7.69. The molecule has 11 nitrogen and oxygen atoms in total. The van der Waals surface area contributed by atoms with Crippen LogP contribution in [0.1, 0.15) is 32.1 Å². The van der Waals surface area contributed by atoms with Crippen LogP contribution in [0.25, 0.3) is 0 Å². The van der Waals surface area contributed by atoms with Crippen molar-refractivity contribution in [2.75, 3.05) is 25.1 Å². The molecule has 0 aromatic heterocycles. The summed E-state index contributed by atoms with van der Waals surface area (Å²) in [6, 6.07) is -3.00. The molecule has 1 aliphatic rings. The molecule has 0 aromatic carbocycles. The first kappa shape index (κ1) is 24.7. The van der Waals surface area contributed by atoms with Gasteiger partial charge in [0.15, 0.2) is 0 Å². The van der Waals surface area contributed by atoms with Gasteiger partial charge in [-0.25, -0.2) is 4.79 Å². The lowest BCUT2D eigenvalue weighted by Crippen LogP contribution is -2.56. The molecule has 0 bridgehead atoms. The predicted molar refractivity (Wildman–Crippen MR) is 107 cm³/mol. The Labute approximate surface area is 173 Å². The molecule has 12 heteroatoms. The van der Waals surface area contributed by atoms with Crippen LogP contribution in [-0.2, 0) is 24.0 Å². The van der Waals surface area contributed by atoms with Crippen LogP contribution in [0.3, 0.4) is 0 Å². The summed E-state index contributed by atoms with van der Waals surface area (Å²) in [5, 5.41) is 14.4. The molecule has 3 atom stereocenters. The highest BCUT2D eigenvalue weighted by Gasteiger charge is 2.38. The van der Waals surface area contributed by atoms with E-state index in [9.17, 15) is 29.1 Å². The highest BCUT2D eigenvalue weighted by Crippen LogP contribution is 2.19. The number of likely N-dealkylation sites (tertiary alicyclic amines) is 1. The number of carbonyl (C=O) groups is 5. The van der Waals surface area contributed by atoms with Crippen LogP contribution in [0.4, 0.5) is 0 Å². The number of nitrogens with zero attached hydrogens (tertiary/aromatic N) is 1. The number of aliphatic carboxylic acids is 1. The number of hydrogen-bond donors (Lipinski definition) is 5. The molecule has 3 unspecified atom stereocenters. The molecule has 0 aromatic rings. The number of thioether (sulfide) groups is 1. The average molecular weight is 432 g/mol. The first-order valence-corrected chi connectivity index (χ1v) is 10.7. The molecule has 1 heterocycles. The maximum Gasteiger partial charge on any atom is 0.326 e. The first-order valence-electron chi connectivity index (χ1n) is 9.31. The first-order chi connectivity index (χ1) is 13.7. The van der Waals surface area contributed by atoms with Crippen LogP contribution in [0.5, 0.6) is 0 Å². The monoisotopic (exact) mass is 431 g/mol. The number of primary amides is 1. The van der Waals surface area contributed by atoms with Gasteiger partial charge in [-0.05, 0) is 37.7 Å². The molecule has 7 N–H and O–H groups in total. The molecule has 0 spiro atoms. The minimum atomic E-state index is -1.12. The Morgan fingerprint density at radius 3 is 2.41 bits per heavy atom. The van der Waals surface area contributed by atoms with E-state index in [1.54, 1.807) is 0 Å². The third-order valence-electron chi connectivity index (χ3n) is 4.56. The van der Waals surface area contributed by atoms with E-state index in [4.69, 9.17) is 11.5 Å². The second kappa shape index (κ2) is 12.3. The second-order valence-electron chi connectivity index (χ2n) is 6.70. The maximum absolute atomic E-state index is 12.9. The van der Waals surface area contributed by atoms with Gasteiger partial charge in [0.25, 0.3) is 0 Å². The predicted octanol–water partition coefficient (Wildman–Crippen LogP) is -1.99. The summed E-state index contributed by atoms with van der Waals surface area (Å²) >= 11 is 1.48. The van der Waals surface area contributed by atoms with Gasteiger partial charge in [-0.2, -0.15) is 11.8 Å². The lowest BCUT2D eigenvalue weighted by atomic mass is 10.1. The molecule has 4 amide bonds. The molecule has 1 rings (SSSR count). The fourth-order valence-electron chi connectivity index (χ4n) is 3.06. The maximum atomic E-state index is 12.9. The van der Waals surface area contributed by atoms with Crippen molar-refractivity contribution in [3.63, 3.8) is 0 Å². The largest absolute Gasteiger partial charge is 0.480 e. The van der Waals surface area contributed by atoms with Gasteiger partial charge in [0.1, 0.15) is 18.1 Å². The van der Waals surface area contributed by atoms with E-state index >= 15 is 0 Å². The summed E-state index contributed by atoms with van der Waals surface area (Å²) in [6.07, 6.45) is 2.79. The van der Waals surface area contributed by atoms with Crippen molar-refractivity contribution in [3.05, 3.63) is 0 Å². The zero-order valence-corrected chi connectivity index (χ0v) is 17.2. The highest BCUT2D eigenvalue weighted by molar-refractivity contribution is 7.98. The van der Waals surface area contributed by atoms with Gasteiger partial charge in [0.2, 0.25) is 23.6 Å². The molecule has 164 valence electrons. The summed E-state index contributed by atoms with van der Waals surface area (Å²) in [6.45, 7) is -0.0420. The van der Waals surface area contributed by atoms with Crippen LogP contribution < -0.4 is 22.1 Å². The summed E-state index contributed by atoms with van der Waals surface area (Å²) in [4.78, 5) is 61.0. The molecule has 0 saturated carbocycles. The zero-order chi connectivity index (χ0) is 22.0. The number of hydrogen-bond acceptors (Lipinski definition) is 7. The molecular weight excluding hydrogens is 402 g/mol. The van der Waals surface area contributed by atoms with Crippen molar-refractivity contribution >= 4 is 41.4 Å². The standard InChI is InChI=1S/C17H29N5O6S/c1-29-8-6-10(20-14(24)9-18)15(25)21-11(4-5-13(19)23)16(26)22-7-2-3-12(22)17(27)28/h10-12H,2-9,18H2,1H3,(H2,19,23)(H,20,24)(H,21,25)(H,27,28). The van der Waals surface area contributed by atoms with Gasteiger partial charge in [-0.3, -0.25) is 19.2 Å². The number of carbonyl (C=O) groups excluding carboxylic acids is 4. The van der Waals surface area contributed by atoms with E-state index in [1.165, 1.54) is 16.7 Å². The average Bonchev–Trinajstić information content (AvgIpc) is 3.17. The van der Waals surface area contributed by atoms with E-state index in [1.807, 2.05) is 6.26 Å². The van der Waals surface area contributed by atoms with Crippen LogP contribution in [-0.4, -0.2) is 82.8 Å². The van der Waals surface area contributed by atoms with Gasteiger partial charge in [0.05, 0.1) is 6.54 Å². The van der Waals surface area contributed by atoms with E-state index in [-0.39, 0.29) is 25.9 Å². The summed E-state index contributed by atoms with van der Waals surface area (Å²) < 4.78 is 0. The van der Waals surface area contributed by atoms with E-state index in [2.05, 4.69) is 10.6 Å². The Balaban J connectivity index is 2.95. The Hall–Kier alpha value is -2.34. The Kier molecular flexibility index (Phi) is 10.5. The number of rotatable bonds is 12. The summed E-state index contributed by atoms with van der Waals surface area (Å²) in [5.41, 5.74) is 10.5. The number of carboxylic acid groups (broad SMARTS) is 1. The number of nitrogens with two attached hydrogens (primary N) is 2. The van der Waals surface area contributed by atoms with Crippen LogP contribution in [0.2, 0.25) is 0 Å². The van der Waals surface area contributed by atoms with Gasteiger partial charge < -0.3 is 32.1 Å². The molecule has 1 saturated heterocycles. The molecule has 1 aliphatic heterocycles. The number of carboxylic acids is 1. The molecular formula is C17H29N5O6S. The molecule has 0 radical (unpaired) electrons. The summed E-state index contributed by atoms with van der Waals surface area (Å²) in [5.74, 6) is -2.90. The minimum absolute atomic E-state index is 0.0666. The third kappa shape index (κ3) is 7.89. The topological polar surface area (TPSA) is 185 Å². The fraction of sp³-hybridized carbons (Fsp3) is 0.706. The van der Waals surface area contributed by atoms with Crippen LogP contribution >= 0.6 is 11.8 Å². The third-order valence-corrected chi connectivity index (χ3v) is 5.21. The smallest absolute Gasteiger partial charge is 0.326 e. The lowest BCUT2D eigenvalue weighted by Gasteiger charge is -2.28. The molecule has 29 heavy (non-hydrogen) atoms. The minimum Gasteiger partial charge on any atom is -0.480 e. The lowest BCUT2D eigenvalue weighted by molar-refractivity contribution is -0.149. The van der Waals surface area contributed by atoms with Gasteiger partial charge in [0, 0.05) is 13.0 Å². The van der Waals surface area contributed by atoms with E-state index in [0.717, 1.165) is 0 Å². The highest BCUT2D eigenvalue weighted by atomic mass is 32.2. The van der Waals surface area contributed by atoms with Crippen molar-refractivity contribution in [1.82, 2.24) is 15.5 Å². The van der Waals surface area contributed by atoms with E-state index < -0.39 is 47.7 Å².